The van der Waals surface area contributed by atoms with Crippen LogP contribution in [-0.4, -0.2) is 21.7 Å². The molecule has 0 bridgehead atoms. The largest absolute Gasteiger partial charge is 0.289 e. The van der Waals surface area contributed by atoms with E-state index >= 15 is 0 Å². The summed E-state index contributed by atoms with van der Waals surface area (Å²) in [5, 5.41) is 6.13. The van der Waals surface area contributed by atoms with Crippen molar-refractivity contribution in [2.75, 3.05) is 0 Å². The number of rotatable bonds is 5. The van der Waals surface area contributed by atoms with Crippen molar-refractivity contribution in [1.29, 1.82) is 0 Å². The van der Waals surface area contributed by atoms with Gasteiger partial charge >= 0.3 is 0 Å². The molecule has 1 amide bonds. The topological polar surface area (TPSA) is 76.3 Å². The maximum atomic E-state index is 13.6. The molecule has 8 heteroatoms. The summed E-state index contributed by atoms with van der Waals surface area (Å²) in [7, 11) is 0. The molecule has 0 atom stereocenters. The lowest BCUT2D eigenvalue weighted by molar-refractivity contribution is -0.121. The molecule has 1 N–H and O–H groups in total. The van der Waals surface area contributed by atoms with Crippen molar-refractivity contribution < 1.29 is 9.18 Å². The Balaban J connectivity index is 1.56. The van der Waals surface area contributed by atoms with Gasteiger partial charge in [-0.15, -0.1) is 11.3 Å². The van der Waals surface area contributed by atoms with Gasteiger partial charge in [-0.25, -0.2) is 14.8 Å². The van der Waals surface area contributed by atoms with Crippen LogP contribution >= 0.6 is 11.3 Å². The summed E-state index contributed by atoms with van der Waals surface area (Å²) >= 11 is 1.38. The van der Waals surface area contributed by atoms with Crippen LogP contribution in [0.25, 0.3) is 21.3 Å². The number of fused-ring (bicyclic) bond motifs is 1. The van der Waals surface area contributed by atoms with Crippen molar-refractivity contribution in [3.8, 4) is 11.1 Å². The molecule has 0 spiro atoms. The molecule has 150 valence electrons. The summed E-state index contributed by atoms with van der Waals surface area (Å²) in [4.78, 5) is 30.1. The standard InChI is InChI=1S/C22H17FN4O2S/c1-14-6-8-15(9-7-14)17-12-30-21-20(17)22(29)27(13-24-21)11-19(28)26-25-10-16-4-2-3-5-18(16)23/h2-10,12-13H,11H2,1H3,(H,26,28)/b25-10-. The quantitative estimate of drug-likeness (QED) is 0.395. The van der Waals surface area contributed by atoms with E-state index in [0.29, 0.717) is 10.2 Å². The van der Waals surface area contributed by atoms with Gasteiger partial charge in [0.15, 0.2) is 0 Å². The molecule has 4 aromatic rings. The molecule has 6 nitrogen and oxygen atoms in total. The molecule has 0 saturated carbocycles. The number of thiophene rings is 1. The Morgan fingerprint density at radius 3 is 2.77 bits per heavy atom. The van der Waals surface area contributed by atoms with E-state index in [-0.39, 0.29) is 17.7 Å². The van der Waals surface area contributed by atoms with E-state index in [2.05, 4.69) is 15.5 Å². The van der Waals surface area contributed by atoms with E-state index in [1.807, 2.05) is 36.6 Å². The molecule has 30 heavy (non-hydrogen) atoms. The zero-order valence-corrected chi connectivity index (χ0v) is 16.8. The maximum absolute atomic E-state index is 13.6. The summed E-state index contributed by atoms with van der Waals surface area (Å²) in [5.41, 5.74) is 5.09. The van der Waals surface area contributed by atoms with Crippen LogP contribution < -0.4 is 11.0 Å². The number of carbonyl (C=O) groups excluding carboxylic acids is 1. The van der Waals surface area contributed by atoms with Crippen LogP contribution in [0, 0.1) is 12.7 Å². The highest BCUT2D eigenvalue weighted by molar-refractivity contribution is 7.17. The minimum absolute atomic E-state index is 0.249. The molecule has 0 aliphatic rings. The fourth-order valence-corrected chi connectivity index (χ4v) is 3.88. The third-order valence-electron chi connectivity index (χ3n) is 4.54. The van der Waals surface area contributed by atoms with Gasteiger partial charge in [0.05, 0.1) is 17.9 Å². The summed E-state index contributed by atoms with van der Waals surface area (Å²) in [6, 6.07) is 13.9. The van der Waals surface area contributed by atoms with Gasteiger partial charge < -0.3 is 0 Å². The normalized spacial score (nSPS) is 11.3. The van der Waals surface area contributed by atoms with Crippen molar-refractivity contribution in [1.82, 2.24) is 15.0 Å². The van der Waals surface area contributed by atoms with E-state index < -0.39 is 11.7 Å². The number of hydrazone groups is 1. The van der Waals surface area contributed by atoms with Crippen LogP contribution in [0.2, 0.25) is 0 Å². The Bertz CT molecular complexity index is 1310. The zero-order chi connectivity index (χ0) is 21.1. The molecule has 4 rings (SSSR count). The fourth-order valence-electron chi connectivity index (χ4n) is 2.97. The molecule has 2 aromatic carbocycles. The molecule has 0 saturated heterocycles. The number of hydrogen-bond acceptors (Lipinski definition) is 5. The third-order valence-corrected chi connectivity index (χ3v) is 5.42. The number of aryl methyl sites for hydroxylation is 1. The zero-order valence-electron chi connectivity index (χ0n) is 16.0. The molecular weight excluding hydrogens is 403 g/mol. The lowest BCUT2D eigenvalue weighted by atomic mass is 10.1. The Labute approximate surface area is 175 Å². The number of hydrogen-bond donors (Lipinski definition) is 1. The van der Waals surface area contributed by atoms with Crippen LogP contribution in [0.15, 0.2) is 70.1 Å². The molecule has 2 heterocycles. The van der Waals surface area contributed by atoms with Crippen LogP contribution in [0.1, 0.15) is 11.1 Å². The van der Waals surface area contributed by atoms with Crippen LogP contribution in [0.5, 0.6) is 0 Å². The van der Waals surface area contributed by atoms with E-state index in [0.717, 1.165) is 16.7 Å². The lowest BCUT2D eigenvalue weighted by Gasteiger charge is -2.05. The predicted molar refractivity (Wildman–Crippen MR) is 116 cm³/mol. The molecule has 0 aliphatic carbocycles. The summed E-state index contributed by atoms with van der Waals surface area (Å²) in [5.74, 6) is -0.958. The van der Waals surface area contributed by atoms with Gasteiger partial charge in [0, 0.05) is 16.5 Å². The first-order valence-corrected chi connectivity index (χ1v) is 10.0. The Hall–Kier alpha value is -3.65. The second-order valence-corrected chi connectivity index (χ2v) is 7.55. The van der Waals surface area contributed by atoms with Crippen molar-refractivity contribution in [3.63, 3.8) is 0 Å². The smallest absolute Gasteiger partial charge is 0.263 e. The predicted octanol–water partition coefficient (Wildman–Crippen LogP) is 3.72. The summed E-state index contributed by atoms with van der Waals surface area (Å²) < 4.78 is 14.8. The van der Waals surface area contributed by atoms with Crippen LogP contribution in [0.3, 0.4) is 0 Å². The number of nitrogens with zero attached hydrogens (tertiary/aromatic N) is 3. The summed E-state index contributed by atoms with van der Waals surface area (Å²) in [6.07, 6.45) is 2.56. The van der Waals surface area contributed by atoms with Crippen molar-refractivity contribution in [2.24, 2.45) is 5.10 Å². The first-order chi connectivity index (χ1) is 14.5. The third kappa shape index (κ3) is 4.04. The highest BCUT2D eigenvalue weighted by atomic mass is 32.1. The number of carbonyl (C=O) groups is 1. The first-order valence-electron chi connectivity index (χ1n) is 9.13. The van der Waals surface area contributed by atoms with Gasteiger partial charge in [-0.1, -0.05) is 48.0 Å². The van der Waals surface area contributed by atoms with Crippen LogP contribution in [0.4, 0.5) is 4.39 Å². The van der Waals surface area contributed by atoms with Crippen molar-refractivity contribution in [3.05, 3.63) is 87.5 Å². The Morgan fingerprint density at radius 1 is 1.23 bits per heavy atom. The monoisotopic (exact) mass is 420 g/mol. The highest BCUT2D eigenvalue weighted by Crippen LogP contribution is 2.30. The lowest BCUT2D eigenvalue weighted by Crippen LogP contribution is -2.30. The molecule has 0 radical (unpaired) electrons. The number of aromatic nitrogens is 2. The summed E-state index contributed by atoms with van der Waals surface area (Å²) in [6.45, 7) is 1.75. The average molecular weight is 420 g/mol. The minimum atomic E-state index is -0.516. The number of halogens is 1. The number of benzene rings is 2. The van der Waals surface area contributed by atoms with Gasteiger partial charge in [0.25, 0.3) is 11.5 Å². The molecule has 0 fully saturated rings. The van der Waals surface area contributed by atoms with Crippen molar-refractivity contribution >= 4 is 33.7 Å². The van der Waals surface area contributed by atoms with E-state index in [4.69, 9.17) is 0 Å². The second kappa shape index (κ2) is 8.38. The second-order valence-electron chi connectivity index (χ2n) is 6.69. The molecule has 2 aromatic heterocycles. The van der Waals surface area contributed by atoms with E-state index in [9.17, 15) is 14.0 Å². The molecular formula is C22H17FN4O2S. The van der Waals surface area contributed by atoms with E-state index in [1.165, 1.54) is 40.6 Å². The van der Waals surface area contributed by atoms with Gasteiger partial charge in [-0.2, -0.15) is 5.10 Å². The van der Waals surface area contributed by atoms with Gasteiger partial charge in [-0.05, 0) is 18.6 Å². The molecule has 0 unspecified atom stereocenters. The molecule has 0 aliphatic heterocycles. The van der Waals surface area contributed by atoms with Gasteiger partial charge in [-0.3, -0.25) is 14.2 Å². The van der Waals surface area contributed by atoms with E-state index in [1.54, 1.807) is 12.1 Å². The number of amides is 1. The highest BCUT2D eigenvalue weighted by Gasteiger charge is 2.14. The van der Waals surface area contributed by atoms with Gasteiger partial charge in [0.2, 0.25) is 0 Å². The Morgan fingerprint density at radius 2 is 2.00 bits per heavy atom. The first kappa shape index (κ1) is 19.7. The van der Waals surface area contributed by atoms with Gasteiger partial charge in [0.1, 0.15) is 17.2 Å². The van der Waals surface area contributed by atoms with Crippen LogP contribution in [-0.2, 0) is 11.3 Å². The SMILES string of the molecule is Cc1ccc(-c2csc3ncn(CC(=O)N/N=C\c4ccccc4F)c(=O)c23)cc1. The number of nitrogens with one attached hydrogen (secondary N) is 1. The minimum Gasteiger partial charge on any atom is -0.289 e. The van der Waals surface area contributed by atoms with Crippen molar-refractivity contribution in [2.45, 2.75) is 13.5 Å². The Kier molecular flexibility index (Phi) is 5.49. The fraction of sp³-hybridized carbons (Fsp3) is 0.0909. The maximum Gasteiger partial charge on any atom is 0.263 e. The average Bonchev–Trinajstić information content (AvgIpc) is 3.17.